The Morgan fingerprint density at radius 1 is 1.64 bits per heavy atom. The van der Waals surface area contributed by atoms with Gasteiger partial charge >= 0.3 is 0 Å². The minimum atomic E-state index is -0.244. The number of nitrogens with two attached hydrogens (primary N) is 1. The molecular formula is C10H21N3O. The zero-order valence-electron chi connectivity index (χ0n) is 9.34. The SMILES string of the molecule is CN(CC(C)(C)N)C1CCCNC1=O. The van der Waals surface area contributed by atoms with Gasteiger partial charge in [0.2, 0.25) is 5.91 Å². The van der Waals surface area contributed by atoms with E-state index in [2.05, 4.69) is 10.2 Å². The van der Waals surface area contributed by atoms with Crippen LogP contribution in [-0.2, 0) is 4.79 Å². The second-order valence-corrected chi connectivity index (χ2v) is 4.85. The van der Waals surface area contributed by atoms with Gasteiger partial charge in [-0.25, -0.2) is 0 Å². The van der Waals surface area contributed by atoms with Crippen LogP contribution in [0.2, 0.25) is 0 Å². The maximum Gasteiger partial charge on any atom is 0.237 e. The monoisotopic (exact) mass is 199 g/mol. The van der Waals surface area contributed by atoms with Crippen LogP contribution in [0.15, 0.2) is 0 Å². The van der Waals surface area contributed by atoms with E-state index in [4.69, 9.17) is 5.73 Å². The fourth-order valence-corrected chi connectivity index (χ4v) is 1.93. The van der Waals surface area contributed by atoms with E-state index < -0.39 is 0 Å². The van der Waals surface area contributed by atoms with E-state index in [1.807, 2.05) is 20.9 Å². The number of nitrogens with zero attached hydrogens (tertiary/aromatic N) is 1. The fraction of sp³-hybridized carbons (Fsp3) is 0.900. The molecule has 1 atom stereocenters. The van der Waals surface area contributed by atoms with Gasteiger partial charge in [-0.15, -0.1) is 0 Å². The van der Waals surface area contributed by atoms with Crippen LogP contribution in [0.5, 0.6) is 0 Å². The minimum absolute atomic E-state index is 0.00609. The maximum absolute atomic E-state index is 11.5. The molecule has 0 saturated carbocycles. The van der Waals surface area contributed by atoms with Crippen molar-refractivity contribution in [2.75, 3.05) is 20.1 Å². The Labute approximate surface area is 85.8 Å². The van der Waals surface area contributed by atoms with Gasteiger partial charge in [-0.05, 0) is 33.7 Å². The average molecular weight is 199 g/mol. The van der Waals surface area contributed by atoms with Gasteiger partial charge in [0.1, 0.15) is 0 Å². The molecule has 0 aromatic carbocycles. The number of hydrogen-bond donors (Lipinski definition) is 2. The smallest absolute Gasteiger partial charge is 0.237 e. The van der Waals surface area contributed by atoms with Crippen molar-refractivity contribution in [1.82, 2.24) is 10.2 Å². The van der Waals surface area contributed by atoms with Gasteiger partial charge in [0.15, 0.2) is 0 Å². The standard InChI is InChI=1S/C10H21N3O/c1-10(2,11)7-13(3)8-5-4-6-12-9(8)14/h8H,4-7,11H2,1-3H3,(H,12,14). The number of carbonyl (C=O) groups is 1. The highest BCUT2D eigenvalue weighted by Gasteiger charge is 2.28. The van der Waals surface area contributed by atoms with Crippen molar-refractivity contribution in [3.63, 3.8) is 0 Å². The molecule has 1 fully saturated rings. The molecule has 1 aliphatic heterocycles. The van der Waals surface area contributed by atoms with Crippen LogP contribution in [-0.4, -0.2) is 42.5 Å². The molecule has 1 saturated heterocycles. The van der Waals surface area contributed by atoms with Crippen molar-refractivity contribution in [1.29, 1.82) is 0 Å². The largest absolute Gasteiger partial charge is 0.355 e. The predicted molar refractivity (Wildman–Crippen MR) is 56.9 cm³/mol. The number of nitrogens with one attached hydrogen (secondary N) is 1. The lowest BCUT2D eigenvalue weighted by atomic mass is 10.0. The van der Waals surface area contributed by atoms with Crippen molar-refractivity contribution in [3.8, 4) is 0 Å². The number of likely N-dealkylation sites (N-methyl/N-ethyl adjacent to an activating group) is 1. The Bertz CT molecular complexity index is 210. The van der Waals surface area contributed by atoms with Crippen LogP contribution in [0.3, 0.4) is 0 Å². The lowest BCUT2D eigenvalue weighted by Gasteiger charge is -2.34. The molecular weight excluding hydrogens is 178 g/mol. The fourth-order valence-electron chi connectivity index (χ4n) is 1.93. The molecule has 82 valence electrons. The van der Waals surface area contributed by atoms with E-state index >= 15 is 0 Å². The van der Waals surface area contributed by atoms with Crippen molar-refractivity contribution < 1.29 is 4.79 Å². The molecule has 0 aliphatic carbocycles. The van der Waals surface area contributed by atoms with E-state index in [0.717, 1.165) is 25.9 Å². The topological polar surface area (TPSA) is 58.4 Å². The molecule has 0 spiro atoms. The van der Waals surface area contributed by atoms with E-state index in [0.29, 0.717) is 0 Å². The van der Waals surface area contributed by atoms with Crippen molar-refractivity contribution in [2.45, 2.75) is 38.3 Å². The summed E-state index contributed by atoms with van der Waals surface area (Å²) in [6, 6.07) is 0.00609. The van der Waals surface area contributed by atoms with Crippen LogP contribution in [0.1, 0.15) is 26.7 Å². The van der Waals surface area contributed by atoms with Gasteiger partial charge in [0.05, 0.1) is 6.04 Å². The Morgan fingerprint density at radius 2 is 2.29 bits per heavy atom. The summed E-state index contributed by atoms with van der Waals surface area (Å²) in [4.78, 5) is 13.6. The van der Waals surface area contributed by atoms with E-state index in [9.17, 15) is 4.79 Å². The summed E-state index contributed by atoms with van der Waals surface area (Å²) >= 11 is 0. The molecule has 4 nitrogen and oxygen atoms in total. The first-order valence-electron chi connectivity index (χ1n) is 5.17. The highest BCUT2D eigenvalue weighted by molar-refractivity contribution is 5.82. The Hall–Kier alpha value is -0.610. The first-order chi connectivity index (χ1) is 6.40. The number of carbonyl (C=O) groups excluding carboxylic acids is 1. The van der Waals surface area contributed by atoms with E-state index in [-0.39, 0.29) is 17.5 Å². The normalized spacial score (nSPS) is 23.8. The third-order valence-corrected chi connectivity index (χ3v) is 2.45. The van der Waals surface area contributed by atoms with Crippen LogP contribution < -0.4 is 11.1 Å². The molecule has 1 rings (SSSR count). The van der Waals surface area contributed by atoms with E-state index in [1.165, 1.54) is 0 Å². The lowest BCUT2D eigenvalue weighted by Crippen LogP contribution is -2.54. The van der Waals surface area contributed by atoms with Crippen molar-refractivity contribution >= 4 is 5.91 Å². The van der Waals surface area contributed by atoms with Gasteiger partial charge in [0.25, 0.3) is 0 Å². The first kappa shape index (κ1) is 11.5. The second kappa shape index (κ2) is 4.28. The molecule has 1 amide bonds. The van der Waals surface area contributed by atoms with Crippen LogP contribution >= 0.6 is 0 Å². The summed E-state index contributed by atoms with van der Waals surface area (Å²) in [5.41, 5.74) is 5.67. The molecule has 3 N–H and O–H groups in total. The summed E-state index contributed by atoms with van der Waals surface area (Å²) in [7, 11) is 1.96. The molecule has 0 aromatic heterocycles. The molecule has 0 radical (unpaired) electrons. The summed E-state index contributed by atoms with van der Waals surface area (Å²) in [6.07, 6.45) is 2.00. The van der Waals surface area contributed by atoms with Crippen molar-refractivity contribution in [3.05, 3.63) is 0 Å². The van der Waals surface area contributed by atoms with Gasteiger partial charge in [-0.3, -0.25) is 9.69 Å². The molecule has 1 aliphatic rings. The van der Waals surface area contributed by atoms with Gasteiger partial charge in [0, 0.05) is 18.6 Å². The predicted octanol–water partition coefficient (Wildman–Crippen LogP) is -0.0659. The molecule has 0 bridgehead atoms. The third kappa shape index (κ3) is 3.27. The quantitative estimate of drug-likeness (QED) is 0.669. The highest BCUT2D eigenvalue weighted by Crippen LogP contribution is 2.12. The van der Waals surface area contributed by atoms with Gasteiger partial charge < -0.3 is 11.1 Å². The Kier molecular flexibility index (Phi) is 3.50. The zero-order chi connectivity index (χ0) is 10.8. The number of amides is 1. The molecule has 1 heterocycles. The zero-order valence-corrected chi connectivity index (χ0v) is 9.34. The summed E-state index contributed by atoms with van der Waals surface area (Å²) in [5, 5.41) is 2.88. The number of piperidine rings is 1. The molecule has 4 heteroatoms. The Morgan fingerprint density at radius 3 is 2.79 bits per heavy atom. The average Bonchev–Trinajstić information content (AvgIpc) is 2.01. The van der Waals surface area contributed by atoms with Crippen LogP contribution in [0, 0.1) is 0 Å². The minimum Gasteiger partial charge on any atom is -0.355 e. The maximum atomic E-state index is 11.5. The number of hydrogen-bond acceptors (Lipinski definition) is 3. The lowest BCUT2D eigenvalue weighted by molar-refractivity contribution is -0.127. The third-order valence-electron chi connectivity index (χ3n) is 2.45. The first-order valence-corrected chi connectivity index (χ1v) is 5.17. The highest BCUT2D eigenvalue weighted by atomic mass is 16.2. The molecule has 14 heavy (non-hydrogen) atoms. The van der Waals surface area contributed by atoms with Gasteiger partial charge in [-0.1, -0.05) is 0 Å². The molecule has 1 unspecified atom stereocenters. The second-order valence-electron chi connectivity index (χ2n) is 4.85. The number of rotatable bonds is 3. The summed E-state index contributed by atoms with van der Waals surface area (Å²) in [5.74, 6) is 0.142. The molecule has 0 aromatic rings. The van der Waals surface area contributed by atoms with Crippen LogP contribution in [0.4, 0.5) is 0 Å². The summed E-state index contributed by atoms with van der Waals surface area (Å²) in [6.45, 7) is 5.51. The summed E-state index contributed by atoms with van der Waals surface area (Å²) < 4.78 is 0. The Balaban J connectivity index is 2.50. The van der Waals surface area contributed by atoms with E-state index in [1.54, 1.807) is 0 Å². The van der Waals surface area contributed by atoms with Crippen molar-refractivity contribution in [2.24, 2.45) is 5.73 Å². The van der Waals surface area contributed by atoms with Gasteiger partial charge in [-0.2, -0.15) is 0 Å². The van der Waals surface area contributed by atoms with Crippen LogP contribution in [0.25, 0.3) is 0 Å².